The predicted molar refractivity (Wildman–Crippen MR) is 48.8 cm³/mol. The van der Waals surface area contributed by atoms with E-state index >= 15 is 0 Å². The second-order valence-electron chi connectivity index (χ2n) is 2.85. The van der Waals surface area contributed by atoms with Gasteiger partial charge in [-0.05, 0) is 6.07 Å². The fraction of sp³-hybridized carbons (Fsp3) is 0.222. The Morgan fingerprint density at radius 2 is 2.27 bits per heavy atom. The van der Waals surface area contributed by atoms with Gasteiger partial charge in [-0.3, -0.25) is 0 Å². The summed E-state index contributed by atoms with van der Waals surface area (Å²) in [6, 6.07) is 1.25. The summed E-state index contributed by atoms with van der Waals surface area (Å²) in [6.45, 7) is 1.66. The average molecular weight is 209 g/mol. The van der Waals surface area contributed by atoms with E-state index in [0.29, 0.717) is 17.3 Å². The van der Waals surface area contributed by atoms with Gasteiger partial charge < -0.3 is 9.26 Å². The summed E-state index contributed by atoms with van der Waals surface area (Å²) in [5, 5.41) is 3.65. The number of halogens is 1. The lowest BCUT2D eigenvalue weighted by molar-refractivity contribution is 0.369. The molecule has 0 N–H and O–H groups in total. The lowest BCUT2D eigenvalue weighted by atomic mass is 10.2. The molecule has 0 bridgehead atoms. The van der Waals surface area contributed by atoms with Crippen molar-refractivity contribution in [2.45, 2.75) is 6.92 Å². The normalized spacial score (nSPS) is 10.3. The molecule has 6 heteroatoms. The van der Waals surface area contributed by atoms with Crippen LogP contribution in [0.2, 0.25) is 0 Å². The van der Waals surface area contributed by atoms with Crippen LogP contribution in [0.4, 0.5) is 4.39 Å². The highest BCUT2D eigenvalue weighted by molar-refractivity contribution is 5.53. The van der Waals surface area contributed by atoms with Crippen LogP contribution in [0.5, 0.6) is 5.88 Å². The number of aromatic nitrogens is 3. The first-order chi connectivity index (χ1) is 7.20. The molecule has 2 aromatic heterocycles. The Hall–Kier alpha value is -1.98. The zero-order valence-electron chi connectivity index (χ0n) is 8.19. The molecule has 0 aliphatic heterocycles. The van der Waals surface area contributed by atoms with Gasteiger partial charge in [-0.2, -0.15) is 4.98 Å². The van der Waals surface area contributed by atoms with Gasteiger partial charge in [-0.1, -0.05) is 5.16 Å². The second-order valence-corrected chi connectivity index (χ2v) is 2.85. The van der Waals surface area contributed by atoms with E-state index in [-0.39, 0.29) is 5.88 Å². The molecule has 2 rings (SSSR count). The van der Waals surface area contributed by atoms with E-state index in [1.807, 2.05) is 0 Å². The molecular weight excluding hydrogens is 201 g/mol. The first kappa shape index (κ1) is 9.57. The minimum atomic E-state index is -0.558. The lowest BCUT2D eigenvalue weighted by Crippen LogP contribution is -1.93. The molecule has 0 amide bonds. The molecule has 0 atom stereocenters. The van der Waals surface area contributed by atoms with Crippen molar-refractivity contribution in [3.05, 3.63) is 24.0 Å². The van der Waals surface area contributed by atoms with Gasteiger partial charge in [0.2, 0.25) is 17.6 Å². The Morgan fingerprint density at radius 1 is 1.47 bits per heavy atom. The number of ether oxygens (including phenoxy) is 1. The number of hydrogen-bond acceptors (Lipinski definition) is 5. The van der Waals surface area contributed by atoms with E-state index in [2.05, 4.69) is 15.1 Å². The van der Waals surface area contributed by atoms with Crippen LogP contribution in [0.15, 0.2) is 16.8 Å². The zero-order chi connectivity index (χ0) is 10.8. The molecule has 0 fully saturated rings. The summed E-state index contributed by atoms with van der Waals surface area (Å²) >= 11 is 0. The Kier molecular flexibility index (Phi) is 2.32. The van der Waals surface area contributed by atoms with Crippen molar-refractivity contribution in [3.8, 4) is 17.3 Å². The summed E-state index contributed by atoms with van der Waals surface area (Å²) in [5.41, 5.74) is 0.449. The van der Waals surface area contributed by atoms with E-state index in [0.717, 1.165) is 0 Å². The van der Waals surface area contributed by atoms with Gasteiger partial charge in [0.05, 0.1) is 7.11 Å². The van der Waals surface area contributed by atoms with Crippen LogP contribution in [0.1, 0.15) is 5.89 Å². The summed E-state index contributed by atoms with van der Waals surface area (Å²) in [4.78, 5) is 7.72. The molecule has 2 aromatic rings. The number of nitrogens with zero attached hydrogens (tertiary/aromatic N) is 3. The van der Waals surface area contributed by atoms with E-state index < -0.39 is 5.82 Å². The number of rotatable bonds is 2. The SMILES string of the molecule is COc1ncc(-c2noc(C)n2)cc1F. The molecule has 0 saturated heterocycles. The largest absolute Gasteiger partial charge is 0.479 e. The third kappa shape index (κ3) is 1.78. The van der Waals surface area contributed by atoms with Crippen LogP contribution in [0.25, 0.3) is 11.4 Å². The first-order valence-electron chi connectivity index (χ1n) is 4.21. The molecule has 0 unspecified atom stereocenters. The maximum Gasteiger partial charge on any atom is 0.250 e. The molecule has 0 spiro atoms. The third-order valence-electron chi connectivity index (χ3n) is 1.79. The van der Waals surface area contributed by atoms with Crippen LogP contribution < -0.4 is 4.74 Å². The molecule has 2 heterocycles. The van der Waals surface area contributed by atoms with Crippen molar-refractivity contribution in [3.63, 3.8) is 0 Å². The van der Waals surface area contributed by atoms with Crippen molar-refractivity contribution in [1.82, 2.24) is 15.1 Å². The molecule has 78 valence electrons. The van der Waals surface area contributed by atoms with Crippen molar-refractivity contribution in [2.24, 2.45) is 0 Å². The van der Waals surface area contributed by atoms with E-state index in [9.17, 15) is 4.39 Å². The molecule has 15 heavy (non-hydrogen) atoms. The van der Waals surface area contributed by atoms with Crippen LogP contribution in [-0.2, 0) is 0 Å². The van der Waals surface area contributed by atoms with Gasteiger partial charge in [-0.25, -0.2) is 9.37 Å². The van der Waals surface area contributed by atoms with Crippen molar-refractivity contribution in [1.29, 1.82) is 0 Å². The topological polar surface area (TPSA) is 61.0 Å². The summed E-state index contributed by atoms with van der Waals surface area (Å²) in [6.07, 6.45) is 1.42. The molecule has 0 aromatic carbocycles. The maximum absolute atomic E-state index is 13.3. The quantitative estimate of drug-likeness (QED) is 0.751. The van der Waals surface area contributed by atoms with Crippen molar-refractivity contribution in [2.75, 3.05) is 7.11 Å². The Balaban J connectivity index is 2.42. The second kappa shape index (κ2) is 3.64. The number of pyridine rings is 1. The minimum absolute atomic E-state index is 0.0565. The zero-order valence-corrected chi connectivity index (χ0v) is 8.19. The van der Waals surface area contributed by atoms with Gasteiger partial charge in [0, 0.05) is 18.7 Å². The summed E-state index contributed by atoms with van der Waals surface area (Å²) < 4.78 is 22.7. The van der Waals surface area contributed by atoms with Crippen molar-refractivity contribution < 1.29 is 13.7 Å². The highest BCUT2D eigenvalue weighted by Gasteiger charge is 2.10. The molecule has 0 aliphatic carbocycles. The molecule has 0 radical (unpaired) electrons. The standard InChI is InChI=1S/C9H8FN3O2/c1-5-12-8(13-15-5)6-3-7(10)9(14-2)11-4-6/h3-4H,1-2H3. The minimum Gasteiger partial charge on any atom is -0.479 e. The van der Waals surface area contributed by atoms with Gasteiger partial charge in [0.1, 0.15) is 0 Å². The Labute approximate surface area is 84.9 Å². The van der Waals surface area contributed by atoms with Crippen LogP contribution in [-0.4, -0.2) is 22.2 Å². The maximum atomic E-state index is 13.3. The average Bonchev–Trinajstić information content (AvgIpc) is 2.65. The number of methoxy groups -OCH3 is 1. The van der Waals surface area contributed by atoms with E-state index in [4.69, 9.17) is 9.26 Å². The number of hydrogen-bond donors (Lipinski definition) is 0. The van der Waals surface area contributed by atoms with Gasteiger partial charge in [-0.15, -0.1) is 0 Å². The fourth-order valence-electron chi connectivity index (χ4n) is 1.11. The Morgan fingerprint density at radius 3 is 2.80 bits per heavy atom. The monoisotopic (exact) mass is 209 g/mol. The third-order valence-corrected chi connectivity index (χ3v) is 1.79. The van der Waals surface area contributed by atoms with Crippen molar-refractivity contribution >= 4 is 0 Å². The van der Waals surface area contributed by atoms with Crippen LogP contribution in [0, 0.1) is 12.7 Å². The molecule has 0 saturated carbocycles. The highest BCUT2D eigenvalue weighted by atomic mass is 19.1. The van der Waals surface area contributed by atoms with E-state index in [1.165, 1.54) is 19.4 Å². The van der Waals surface area contributed by atoms with Crippen LogP contribution >= 0.6 is 0 Å². The fourth-order valence-corrected chi connectivity index (χ4v) is 1.11. The number of aryl methyl sites for hydroxylation is 1. The summed E-state index contributed by atoms with van der Waals surface area (Å²) in [7, 11) is 1.35. The predicted octanol–water partition coefficient (Wildman–Crippen LogP) is 1.59. The van der Waals surface area contributed by atoms with Crippen LogP contribution in [0.3, 0.4) is 0 Å². The van der Waals surface area contributed by atoms with Gasteiger partial charge in [0.25, 0.3) is 0 Å². The Bertz CT molecular complexity index is 484. The van der Waals surface area contributed by atoms with Gasteiger partial charge in [0.15, 0.2) is 5.82 Å². The molecular formula is C9H8FN3O2. The first-order valence-corrected chi connectivity index (χ1v) is 4.21. The summed E-state index contributed by atoms with van der Waals surface area (Å²) in [5.74, 6) is 0.110. The smallest absolute Gasteiger partial charge is 0.250 e. The van der Waals surface area contributed by atoms with E-state index in [1.54, 1.807) is 6.92 Å². The highest BCUT2D eigenvalue weighted by Crippen LogP contribution is 2.20. The molecule has 5 nitrogen and oxygen atoms in total. The van der Waals surface area contributed by atoms with Gasteiger partial charge >= 0.3 is 0 Å². The lowest BCUT2D eigenvalue weighted by Gasteiger charge is -2.00. The molecule has 0 aliphatic rings.